The van der Waals surface area contributed by atoms with Gasteiger partial charge in [-0.1, -0.05) is 86.0 Å². The monoisotopic (exact) mass is 509 g/mol. The Morgan fingerprint density at radius 2 is 1.76 bits per heavy atom. The second-order valence-electron chi connectivity index (χ2n) is 10.3. The predicted octanol–water partition coefficient (Wildman–Crippen LogP) is 8.07. The van der Waals surface area contributed by atoms with Crippen LogP contribution in [-0.2, 0) is 13.0 Å². The van der Waals surface area contributed by atoms with E-state index in [2.05, 4.69) is 102 Å². The van der Waals surface area contributed by atoms with Crippen LogP contribution in [0.5, 0.6) is 0 Å². The minimum Gasteiger partial charge on any atom is -0.374 e. The molecule has 1 saturated carbocycles. The SMILES string of the molecule is CN(CCc1ccc(C2CCCCC2)cc1)c1ccc(-c2csc(CNCC3=CC=CCC=C3)n2)cc1. The van der Waals surface area contributed by atoms with E-state index in [1.807, 2.05) is 0 Å². The standard InChI is InChI=1S/C33H39N3S/c1-36(22-21-26-13-15-29(16-14-26)28-11-7-4-8-12-28)31-19-17-30(18-20-31)32-25-37-33(35-32)24-34-23-27-9-5-2-3-6-10-27/h2,5-6,9-10,13-20,25,28,34H,3-4,7-8,11-12,21-24H2,1H3. The van der Waals surface area contributed by atoms with Gasteiger partial charge in [0.25, 0.3) is 0 Å². The Kier molecular flexibility index (Phi) is 9.04. The van der Waals surface area contributed by atoms with Gasteiger partial charge in [0.2, 0.25) is 0 Å². The van der Waals surface area contributed by atoms with Crippen molar-refractivity contribution in [2.75, 3.05) is 25.0 Å². The van der Waals surface area contributed by atoms with Gasteiger partial charge in [0.1, 0.15) is 5.01 Å². The van der Waals surface area contributed by atoms with Gasteiger partial charge in [0.15, 0.2) is 0 Å². The van der Waals surface area contributed by atoms with E-state index in [9.17, 15) is 0 Å². The number of rotatable bonds is 10. The average Bonchev–Trinajstić information content (AvgIpc) is 3.27. The van der Waals surface area contributed by atoms with E-state index in [0.29, 0.717) is 0 Å². The van der Waals surface area contributed by atoms with Gasteiger partial charge in [-0.05, 0) is 60.4 Å². The van der Waals surface area contributed by atoms with Crippen LogP contribution in [0.25, 0.3) is 11.3 Å². The fourth-order valence-electron chi connectivity index (χ4n) is 5.29. The molecule has 192 valence electrons. The van der Waals surface area contributed by atoms with Gasteiger partial charge in [0, 0.05) is 43.3 Å². The van der Waals surface area contributed by atoms with E-state index in [0.717, 1.165) is 49.1 Å². The number of thiazole rings is 1. The van der Waals surface area contributed by atoms with Crippen LogP contribution in [0.15, 0.2) is 89.9 Å². The molecule has 0 radical (unpaired) electrons. The first kappa shape index (κ1) is 25.7. The highest BCUT2D eigenvalue weighted by molar-refractivity contribution is 7.09. The van der Waals surface area contributed by atoms with Crippen LogP contribution >= 0.6 is 11.3 Å². The molecule has 0 bridgehead atoms. The van der Waals surface area contributed by atoms with Crippen molar-refractivity contribution >= 4 is 17.0 Å². The number of nitrogens with one attached hydrogen (secondary N) is 1. The Hall–Kier alpha value is -2.95. The molecule has 2 aliphatic carbocycles. The molecular weight excluding hydrogens is 470 g/mol. The van der Waals surface area contributed by atoms with Gasteiger partial charge < -0.3 is 10.2 Å². The molecule has 1 N–H and O–H groups in total. The van der Waals surface area contributed by atoms with Crippen molar-refractivity contribution < 1.29 is 0 Å². The Labute approximate surface area is 226 Å². The quantitative estimate of drug-likeness (QED) is 0.299. The molecule has 0 atom stereocenters. The van der Waals surface area contributed by atoms with Crippen molar-refractivity contribution in [2.45, 2.75) is 57.4 Å². The van der Waals surface area contributed by atoms with Crippen molar-refractivity contribution in [1.82, 2.24) is 10.3 Å². The first-order chi connectivity index (χ1) is 18.2. The molecule has 4 heteroatoms. The summed E-state index contributed by atoms with van der Waals surface area (Å²) in [6.07, 6.45) is 19.9. The van der Waals surface area contributed by atoms with E-state index in [1.165, 1.54) is 54.5 Å². The zero-order valence-corrected chi connectivity index (χ0v) is 22.9. The Bertz CT molecular complexity index is 1210. The van der Waals surface area contributed by atoms with Crippen LogP contribution in [0.1, 0.15) is 60.6 Å². The molecule has 0 unspecified atom stereocenters. The van der Waals surface area contributed by atoms with E-state index >= 15 is 0 Å². The van der Waals surface area contributed by atoms with Crippen LogP contribution in [0.3, 0.4) is 0 Å². The number of likely N-dealkylation sites (N-methyl/N-ethyl adjacent to an activating group) is 1. The van der Waals surface area contributed by atoms with Gasteiger partial charge in [0.05, 0.1) is 5.69 Å². The first-order valence-corrected chi connectivity index (χ1v) is 14.7. The van der Waals surface area contributed by atoms with Gasteiger partial charge in [-0.25, -0.2) is 4.98 Å². The molecule has 2 aromatic carbocycles. The van der Waals surface area contributed by atoms with Gasteiger partial charge in [-0.2, -0.15) is 0 Å². The topological polar surface area (TPSA) is 28.2 Å². The number of aromatic nitrogens is 1. The summed E-state index contributed by atoms with van der Waals surface area (Å²) in [6, 6.07) is 18.3. The highest BCUT2D eigenvalue weighted by atomic mass is 32.1. The molecule has 2 aliphatic rings. The summed E-state index contributed by atoms with van der Waals surface area (Å²) in [6.45, 7) is 2.67. The predicted molar refractivity (Wildman–Crippen MR) is 159 cm³/mol. The number of benzene rings is 2. The molecule has 0 spiro atoms. The van der Waals surface area contributed by atoms with E-state index in [1.54, 1.807) is 16.9 Å². The number of nitrogens with zero attached hydrogens (tertiary/aromatic N) is 2. The molecular formula is C33H39N3S. The smallest absolute Gasteiger partial charge is 0.107 e. The van der Waals surface area contributed by atoms with Crippen LogP contribution in [0, 0.1) is 0 Å². The Morgan fingerprint density at radius 3 is 2.57 bits per heavy atom. The fourth-order valence-corrected chi connectivity index (χ4v) is 6.06. The maximum absolute atomic E-state index is 4.86. The summed E-state index contributed by atoms with van der Waals surface area (Å²) < 4.78 is 0. The van der Waals surface area contributed by atoms with Crippen molar-refractivity contribution in [3.05, 3.63) is 106 Å². The van der Waals surface area contributed by atoms with Gasteiger partial charge >= 0.3 is 0 Å². The summed E-state index contributed by atoms with van der Waals surface area (Å²) in [5.74, 6) is 0.785. The molecule has 1 heterocycles. The Balaban J connectivity index is 1.10. The van der Waals surface area contributed by atoms with Gasteiger partial charge in [-0.3, -0.25) is 0 Å². The minimum atomic E-state index is 0.785. The fraction of sp³-hybridized carbons (Fsp3) is 0.364. The molecule has 0 saturated heterocycles. The lowest BCUT2D eigenvalue weighted by Crippen LogP contribution is -2.20. The maximum Gasteiger partial charge on any atom is 0.107 e. The lowest BCUT2D eigenvalue weighted by Gasteiger charge is -2.22. The second kappa shape index (κ2) is 13.0. The Morgan fingerprint density at radius 1 is 0.946 bits per heavy atom. The molecule has 1 fully saturated rings. The van der Waals surface area contributed by atoms with Crippen molar-refractivity contribution in [3.63, 3.8) is 0 Å². The van der Waals surface area contributed by atoms with Crippen LogP contribution in [0.4, 0.5) is 5.69 Å². The lowest BCUT2D eigenvalue weighted by molar-refractivity contribution is 0.443. The zero-order chi connectivity index (χ0) is 25.3. The van der Waals surface area contributed by atoms with Crippen LogP contribution < -0.4 is 10.2 Å². The molecule has 37 heavy (non-hydrogen) atoms. The van der Waals surface area contributed by atoms with Crippen LogP contribution in [-0.4, -0.2) is 25.1 Å². The minimum absolute atomic E-state index is 0.785. The first-order valence-electron chi connectivity index (χ1n) is 13.8. The van der Waals surface area contributed by atoms with Crippen molar-refractivity contribution in [3.8, 4) is 11.3 Å². The number of anilines is 1. The van der Waals surface area contributed by atoms with E-state index in [-0.39, 0.29) is 0 Å². The lowest BCUT2D eigenvalue weighted by atomic mass is 9.84. The average molecular weight is 510 g/mol. The molecule has 0 amide bonds. The molecule has 0 aliphatic heterocycles. The summed E-state index contributed by atoms with van der Waals surface area (Å²) >= 11 is 1.73. The third kappa shape index (κ3) is 7.30. The van der Waals surface area contributed by atoms with Crippen LogP contribution in [0.2, 0.25) is 0 Å². The molecule has 3 aromatic rings. The molecule has 3 nitrogen and oxygen atoms in total. The largest absolute Gasteiger partial charge is 0.374 e. The number of allylic oxidation sites excluding steroid dienone is 4. The zero-order valence-electron chi connectivity index (χ0n) is 22.0. The maximum atomic E-state index is 4.86. The molecule has 1 aromatic heterocycles. The van der Waals surface area contributed by atoms with E-state index < -0.39 is 0 Å². The summed E-state index contributed by atoms with van der Waals surface area (Å²) in [7, 11) is 2.19. The van der Waals surface area contributed by atoms with E-state index in [4.69, 9.17) is 4.98 Å². The van der Waals surface area contributed by atoms with Gasteiger partial charge in [-0.15, -0.1) is 11.3 Å². The highest BCUT2D eigenvalue weighted by Crippen LogP contribution is 2.32. The third-order valence-electron chi connectivity index (χ3n) is 7.60. The third-order valence-corrected chi connectivity index (χ3v) is 8.45. The summed E-state index contributed by atoms with van der Waals surface area (Å²) in [5, 5.41) is 6.81. The summed E-state index contributed by atoms with van der Waals surface area (Å²) in [5.41, 5.74) is 7.76. The molecule has 5 rings (SSSR count). The van der Waals surface area contributed by atoms with Crippen molar-refractivity contribution in [2.24, 2.45) is 0 Å². The number of hydrogen-bond donors (Lipinski definition) is 1. The highest BCUT2D eigenvalue weighted by Gasteiger charge is 2.15. The van der Waals surface area contributed by atoms with Crippen molar-refractivity contribution in [1.29, 1.82) is 0 Å². The number of hydrogen-bond acceptors (Lipinski definition) is 4. The normalized spacial score (nSPS) is 16.0. The summed E-state index contributed by atoms with van der Waals surface area (Å²) in [4.78, 5) is 7.21. The second-order valence-corrected chi connectivity index (χ2v) is 11.3.